The minimum absolute atomic E-state index is 0. The molecule has 9 atom stereocenters. The Labute approximate surface area is 208 Å². The van der Waals surface area contributed by atoms with Crippen LogP contribution in [0.1, 0.15) is 99.8 Å². The zero-order valence-electron chi connectivity index (χ0n) is 21.2. The van der Waals surface area contributed by atoms with Gasteiger partial charge >= 0.3 is 5.97 Å². The number of rotatable bonds is 2. The number of hydrogen-bond acceptors (Lipinski definition) is 2. The van der Waals surface area contributed by atoms with E-state index in [1.165, 1.54) is 44.9 Å². The second-order valence-corrected chi connectivity index (χ2v) is 13.4. The molecule has 0 heterocycles. The summed E-state index contributed by atoms with van der Waals surface area (Å²) in [6.45, 7) is 17.7. The van der Waals surface area contributed by atoms with Gasteiger partial charge in [0.25, 0.3) is 0 Å². The molecule has 0 aromatic rings. The first-order chi connectivity index (χ1) is 13.9. The third kappa shape index (κ3) is 3.67. The van der Waals surface area contributed by atoms with Gasteiger partial charge in [0.15, 0.2) is 0 Å². The van der Waals surface area contributed by atoms with Gasteiger partial charge in [0.05, 0.1) is 0 Å². The topological polar surface area (TPSA) is 26.3 Å². The number of ether oxygens (including phenoxy) is 1. The SMILES string of the molecule is C[C-]1CC[C@]2(C)[C@H](CC[C@@H]3[C@@]4(C)CC[C@H](OC(=O)C[PH3+])C(C)(C)[C@@H]4CC[C@]32C)[C@H]1C.[W]. The van der Waals surface area contributed by atoms with Crippen LogP contribution in [0.15, 0.2) is 0 Å². The van der Waals surface area contributed by atoms with E-state index in [9.17, 15) is 4.79 Å². The summed E-state index contributed by atoms with van der Waals surface area (Å²) < 4.78 is 6.01. The minimum atomic E-state index is -0.00788. The molecule has 0 radical (unpaired) electrons. The molecule has 4 heteroatoms. The summed E-state index contributed by atoms with van der Waals surface area (Å²) in [5.74, 6) is 4.85. The van der Waals surface area contributed by atoms with Crippen LogP contribution in [-0.2, 0) is 30.6 Å². The van der Waals surface area contributed by atoms with Crippen molar-refractivity contribution in [2.24, 2.45) is 45.3 Å². The van der Waals surface area contributed by atoms with E-state index in [-0.39, 0.29) is 38.6 Å². The van der Waals surface area contributed by atoms with E-state index in [0.29, 0.717) is 28.3 Å². The molecule has 31 heavy (non-hydrogen) atoms. The normalized spacial score (nSPS) is 49.2. The molecular weight excluding hydrogens is 571 g/mol. The van der Waals surface area contributed by atoms with Gasteiger partial charge in [0, 0.05) is 26.5 Å². The summed E-state index contributed by atoms with van der Waals surface area (Å²) in [6.07, 6.45) is 11.1. The maximum atomic E-state index is 12.1. The molecule has 0 aromatic carbocycles. The van der Waals surface area contributed by atoms with Crippen molar-refractivity contribution in [3.8, 4) is 0 Å². The van der Waals surface area contributed by atoms with Crippen molar-refractivity contribution in [3.05, 3.63) is 5.92 Å². The average Bonchev–Trinajstić information content (AvgIpc) is 2.68. The molecule has 0 spiro atoms. The molecule has 4 aliphatic rings. The molecule has 1 unspecified atom stereocenters. The third-order valence-corrected chi connectivity index (χ3v) is 12.2. The van der Waals surface area contributed by atoms with E-state index in [4.69, 9.17) is 4.74 Å². The average molecular weight is 618 g/mol. The maximum Gasteiger partial charge on any atom is 0.343 e. The van der Waals surface area contributed by atoms with Crippen molar-refractivity contribution in [2.45, 2.75) is 106 Å². The first-order valence-corrected chi connectivity index (χ1v) is 13.7. The van der Waals surface area contributed by atoms with Crippen LogP contribution in [-0.4, -0.2) is 18.2 Å². The summed E-state index contributed by atoms with van der Waals surface area (Å²) in [4.78, 5) is 12.1. The van der Waals surface area contributed by atoms with Crippen molar-refractivity contribution >= 4 is 15.2 Å². The van der Waals surface area contributed by atoms with Gasteiger partial charge in [-0.05, 0) is 69.4 Å². The molecule has 2 nitrogen and oxygen atoms in total. The van der Waals surface area contributed by atoms with Crippen LogP contribution in [0.2, 0.25) is 0 Å². The molecular formula is C27H47O2PW. The summed E-state index contributed by atoms with van der Waals surface area (Å²) in [7, 11) is 1.71. The van der Waals surface area contributed by atoms with E-state index in [2.05, 4.69) is 48.5 Å². The molecule has 4 fully saturated rings. The van der Waals surface area contributed by atoms with Gasteiger partial charge in [0.1, 0.15) is 12.3 Å². The number of hydrogen-bond donors (Lipinski definition) is 0. The Kier molecular flexibility index (Phi) is 7.32. The van der Waals surface area contributed by atoms with Crippen LogP contribution in [0.3, 0.4) is 0 Å². The molecule has 4 rings (SSSR count). The fraction of sp³-hybridized carbons (Fsp3) is 0.926. The van der Waals surface area contributed by atoms with Gasteiger partial charge in [-0.3, -0.25) is 0 Å². The van der Waals surface area contributed by atoms with Gasteiger partial charge in [0.2, 0.25) is 0 Å². The maximum absolute atomic E-state index is 12.1. The van der Waals surface area contributed by atoms with Gasteiger partial charge in [-0.2, -0.15) is 19.3 Å². The van der Waals surface area contributed by atoms with E-state index < -0.39 is 0 Å². The van der Waals surface area contributed by atoms with Gasteiger partial charge in [-0.1, -0.05) is 60.3 Å². The molecule has 0 N–H and O–H groups in total. The van der Waals surface area contributed by atoms with Crippen molar-refractivity contribution in [1.82, 2.24) is 0 Å². The molecule has 178 valence electrons. The second kappa shape index (κ2) is 8.67. The van der Waals surface area contributed by atoms with E-state index >= 15 is 0 Å². The fourth-order valence-corrected chi connectivity index (χ4v) is 9.79. The summed E-state index contributed by atoms with van der Waals surface area (Å²) >= 11 is 0. The van der Waals surface area contributed by atoms with Crippen molar-refractivity contribution in [1.29, 1.82) is 0 Å². The smallest absolute Gasteiger partial charge is 0.343 e. The number of carbonyl (C=O) groups excluding carboxylic acids is 1. The fourth-order valence-electron chi connectivity index (χ4n) is 9.68. The third-order valence-electron chi connectivity index (χ3n) is 11.8. The number of carbonyl (C=O) groups is 1. The zero-order valence-corrected chi connectivity index (χ0v) is 25.5. The molecule has 0 amide bonds. The Morgan fingerprint density at radius 1 is 0.968 bits per heavy atom. The van der Waals surface area contributed by atoms with Crippen LogP contribution in [0.25, 0.3) is 0 Å². The summed E-state index contributed by atoms with van der Waals surface area (Å²) in [6, 6.07) is 0. The second-order valence-electron chi connectivity index (χ2n) is 12.9. The summed E-state index contributed by atoms with van der Waals surface area (Å²) in [5.41, 5.74) is 1.37. The summed E-state index contributed by atoms with van der Waals surface area (Å²) in [5, 5.41) is 0. The van der Waals surface area contributed by atoms with Crippen LogP contribution in [0.4, 0.5) is 0 Å². The van der Waals surface area contributed by atoms with Crippen molar-refractivity contribution in [2.75, 3.05) is 6.16 Å². The monoisotopic (exact) mass is 618 g/mol. The van der Waals surface area contributed by atoms with Crippen molar-refractivity contribution < 1.29 is 30.6 Å². The van der Waals surface area contributed by atoms with Crippen LogP contribution >= 0.6 is 9.24 Å². The zero-order chi connectivity index (χ0) is 22.1. The number of fused-ring (bicyclic) bond motifs is 5. The van der Waals surface area contributed by atoms with E-state index in [0.717, 1.165) is 24.2 Å². The standard InChI is InChI=1S/C27H46O2P.W/c1-17-10-14-26(6)19(18(17)2)8-9-21-25(5)13-12-22(29-23(28)16-30)24(3,4)20(25)11-15-27(21,26)7;/h18-22H,8-16,30H2,1-7H3;/q-1;/p+1/t18-,19+,20-,21+,22-,25-,26+,27+;/m0./s1. The van der Waals surface area contributed by atoms with Crippen LogP contribution < -0.4 is 0 Å². The predicted molar refractivity (Wildman–Crippen MR) is 129 cm³/mol. The predicted octanol–water partition coefficient (Wildman–Crippen LogP) is 6.80. The van der Waals surface area contributed by atoms with Gasteiger partial charge < -0.3 is 10.7 Å². The Morgan fingerprint density at radius 2 is 1.65 bits per heavy atom. The molecule has 0 saturated heterocycles. The van der Waals surface area contributed by atoms with Gasteiger partial charge in [-0.25, -0.2) is 4.79 Å². The van der Waals surface area contributed by atoms with Crippen LogP contribution in [0, 0.1) is 51.2 Å². The Morgan fingerprint density at radius 3 is 2.29 bits per heavy atom. The van der Waals surface area contributed by atoms with Gasteiger partial charge in [-0.15, -0.1) is 0 Å². The Hall–Kier alpha value is 0.588. The molecule has 4 saturated carbocycles. The molecule has 0 bridgehead atoms. The largest absolute Gasteiger partial charge is 0.459 e. The number of esters is 1. The van der Waals surface area contributed by atoms with E-state index in [1.807, 2.05) is 0 Å². The van der Waals surface area contributed by atoms with Crippen molar-refractivity contribution in [3.63, 3.8) is 0 Å². The molecule has 0 aromatic heterocycles. The van der Waals surface area contributed by atoms with Crippen LogP contribution in [0.5, 0.6) is 0 Å². The minimum Gasteiger partial charge on any atom is -0.459 e. The molecule has 4 aliphatic carbocycles. The van der Waals surface area contributed by atoms with E-state index in [1.54, 1.807) is 15.2 Å². The molecule has 0 aliphatic heterocycles. The Balaban J connectivity index is 0.00000272. The quantitative estimate of drug-likeness (QED) is 0.193. The first-order valence-electron chi connectivity index (χ1n) is 12.7. The first kappa shape index (κ1) is 26.2. The Bertz CT molecular complexity index is 695.